The maximum atomic E-state index is 12.8. The number of hydrogen-bond donors (Lipinski definition) is 3. The molecule has 1 amide bonds. The molecule has 0 unspecified atom stereocenters. The zero-order valence-electron chi connectivity index (χ0n) is 15.7. The maximum Gasteiger partial charge on any atom is 0.416 e. The van der Waals surface area contributed by atoms with Crippen LogP contribution in [-0.4, -0.2) is 47.6 Å². The number of nitrogens with one attached hydrogen (secondary N) is 1. The van der Waals surface area contributed by atoms with E-state index in [2.05, 4.69) is 5.32 Å². The number of carbonyl (C=O) groups excluding carboxylic acids is 1. The van der Waals surface area contributed by atoms with Gasteiger partial charge in [-0.25, -0.2) is 0 Å². The van der Waals surface area contributed by atoms with Gasteiger partial charge in [-0.05, 0) is 42.3 Å². The zero-order chi connectivity index (χ0) is 21.5. The van der Waals surface area contributed by atoms with E-state index in [1.54, 1.807) is 12.1 Å². The molecule has 6 nitrogen and oxygen atoms in total. The van der Waals surface area contributed by atoms with E-state index in [4.69, 9.17) is 9.47 Å². The molecular formula is C21H20F3NO5. The van der Waals surface area contributed by atoms with Gasteiger partial charge in [-0.1, -0.05) is 12.1 Å². The summed E-state index contributed by atoms with van der Waals surface area (Å²) in [7, 11) is 0. The number of rotatable bonds is 3. The fourth-order valence-corrected chi connectivity index (χ4v) is 3.89. The topological polar surface area (TPSA) is 88.0 Å². The van der Waals surface area contributed by atoms with Gasteiger partial charge >= 0.3 is 6.18 Å². The summed E-state index contributed by atoms with van der Waals surface area (Å²) in [5.74, 6) is -0.0857. The minimum Gasteiger partial charge on any atom is -0.486 e. The van der Waals surface area contributed by atoms with Crippen molar-refractivity contribution in [3.63, 3.8) is 0 Å². The van der Waals surface area contributed by atoms with Crippen LogP contribution in [0.25, 0.3) is 0 Å². The molecule has 1 heterocycles. The average Bonchev–Trinajstić information content (AvgIpc) is 3.01. The highest BCUT2D eigenvalue weighted by molar-refractivity contribution is 5.95. The van der Waals surface area contributed by atoms with Crippen molar-refractivity contribution in [2.45, 2.75) is 36.8 Å². The third kappa shape index (κ3) is 3.95. The average molecular weight is 423 g/mol. The molecular weight excluding hydrogens is 403 g/mol. The molecule has 0 bridgehead atoms. The lowest BCUT2D eigenvalue weighted by molar-refractivity contribution is -0.137. The third-order valence-corrected chi connectivity index (χ3v) is 5.46. The summed E-state index contributed by atoms with van der Waals surface area (Å²) in [5, 5.41) is 23.2. The summed E-state index contributed by atoms with van der Waals surface area (Å²) in [4.78, 5) is 12.8. The van der Waals surface area contributed by atoms with Gasteiger partial charge in [0.1, 0.15) is 19.3 Å². The van der Waals surface area contributed by atoms with Crippen molar-refractivity contribution < 1.29 is 37.7 Å². The van der Waals surface area contributed by atoms with Crippen LogP contribution in [-0.2, 0) is 6.18 Å². The molecule has 4 atom stereocenters. The van der Waals surface area contributed by atoms with Crippen molar-refractivity contribution in [2.24, 2.45) is 0 Å². The van der Waals surface area contributed by atoms with Gasteiger partial charge in [0, 0.05) is 11.5 Å². The number of benzene rings is 2. The fraction of sp³-hybridized carbons (Fsp3) is 0.381. The predicted octanol–water partition coefficient (Wildman–Crippen LogP) is 2.48. The van der Waals surface area contributed by atoms with E-state index in [1.165, 1.54) is 18.2 Å². The van der Waals surface area contributed by atoms with Crippen LogP contribution in [0.2, 0.25) is 0 Å². The van der Waals surface area contributed by atoms with Crippen LogP contribution in [0.1, 0.15) is 33.8 Å². The Hall–Kier alpha value is -2.78. The summed E-state index contributed by atoms with van der Waals surface area (Å²) >= 11 is 0. The number of aliphatic hydroxyl groups is 2. The first-order valence-corrected chi connectivity index (χ1v) is 9.48. The molecule has 3 N–H and O–H groups in total. The standard InChI is InChI=1S/C21H20F3NO5/c22-21(23,24)13-4-1-11(2-5-13)14-10-15(26)19(27)18(14)25-20(28)12-3-6-16-17(9-12)30-8-7-29-16/h1-6,9,14-15,18-19,26-27H,7-8,10H2,(H,25,28)/t14-,15-,18-,19-/m1/s1. The number of alkyl halides is 3. The summed E-state index contributed by atoms with van der Waals surface area (Å²) in [6, 6.07) is 8.33. The van der Waals surface area contributed by atoms with E-state index in [-0.39, 0.29) is 12.0 Å². The Labute approximate surface area is 170 Å². The molecule has 2 aromatic carbocycles. The first-order chi connectivity index (χ1) is 14.2. The van der Waals surface area contributed by atoms with Crippen LogP contribution in [0, 0.1) is 0 Å². The number of halogens is 3. The highest BCUT2D eigenvalue weighted by atomic mass is 19.4. The molecule has 0 saturated heterocycles. The molecule has 1 saturated carbocycles. The Morgan fingerprint density at radius 1 is 1.00 bits per heavy atom. The van der Waals surface area contributed by atoms with Crippen LogP contribution in [0.5, 0.6) is 11.5 Å². The fourth-order valence-electron chi connectivity index (χ4n) is 3.89. The van der Waals surface area contributed by atoms with Crippen molar-refractivity contribution in [1.29, 1.82) is 0 Å². The zero-order valence-corrected chi connectivity index (χ0v) is 15.7. The summed E-state index contributed by atoms with van der Waals surface area (Å²) < 4.78 is 49.4. The van der Waals surface area contributed by atoms with Crippen molar-refractivity contribution in [3.8, 4) is 11.5 Å². The Morgan fingerprint density at radius 3 is 2.33 bits per heavy atom. The van der Waals surface area contributed by atoms with Crippen molar-refractivity contribution in [1.82, 2.24) is 5.32 Å². The molecule has 30 heavy (non-hydrogen) atoms. The van der Waals surface area contributed by atoms with Gasteiger partial charge in [0.25, 0.3) is 5.91 Å². The van der Waals surface area contributed by atoms with E-state index >= 15 is 0 Å². The third-order valence-electron chi connectivity index (χ3n) is 5.46. The molecule has 1 aliphatic carbocycles. The lowest BCUT2D eigenvalue weighted by Crippen LogP contribution is -2.45. The Morgan fingerprint density at radius 2 is 1.67 bits per heavy atom. The molecule has 1 fully saturated rings. The lowest BCUT2D eigenvalue weighted by Gasteiger charge is -2.25. The molecule has 160 valence electrons. The van der Waals surface area contributed by atoms with Crippen LogP contribution in [0.3, 0.4) is 0 Å². The molecule has 0 aromatic heterocycles. The maximum absolute atomic E-state index is 12.8. The monoisotopic (exact) mass is 423 g/mol. The smallest absolute Gasteiger partial charge is 0.416 e. The van der Waals surface area contributed by atoms with Gasteiger partial charge in [-0.15, -0.1) is 0 Å². The first kappa shape index (κ1) is 20.5. The summed E-state index contributed by atoms with van der Waals surface area (Å²) in [6.07, 6.45) is -6.71. The van der Waals surface area contributed by atoms with E-state index in [1.807, 2.05) is 0 Å². The van der Waals surface area contributed by atoms with Crippen LogP contribution in [0.15, 0.2) is 42.5 Å². The van der Waals surface area contributed by atoms with Crippen molar-refractivity contribution in [3.05, 3.63) is 59.2 Å². The molecule has 0 spiro atoms. The molecule has 2 aliphatic rings. The molecule has 4 rings (SSSR count). The van der Waals surface area contributed by atoms with E-state index in [0.29, 0.717) is 30.3 Å². The van der Waals surface area contributed by atoms with E-state index in [9.17, 15) is 28.2 Å². The van der Waals surface area contributed by atoms with Crippen LogP contribution in [0.4, 0.5) is 13.2 Å². The highest BCUT2D eigenvalue weighted by Gasteiger charge is 2.43. The molecule has 1 aliphatic heterocycles. The summed E-state index contributed by atoms with van der Waals surface area (Å²) in [5.41, 5.74) is -0.0210. The molecule has 2 aromatic rings. The molecule has 9 heteroatoms. The second kappa shape index (κ2) is 7.81. The Kier molecular flexibility index (Phi) is 5.33. The summed E-state index contributed by atoms with van der Waals surface area (Å²) in [6.45, 7) is 0.779. The highest BCUT2D eigenvalue weighted by Crippen LogP contribution is 2.37. The van der Waals surface area contributed by atoms with Crippen molar-refractivity contribution >= 4 is 5.91 Å². The minimum atomic E-state index is -4.46. The minimum absolute atomic E-state index is 0.110. The van der Waals surface area contributed by atoms with Crippen molar-refractivity contribution in [2.75, 3.05) is 13.2 Å². The van der Waals surface area contributed by atoms with Gasteiger partial charge < -0.3 is 25.0 Å². The number of carbonyl (C=O) groups is 1. The van der Waals surface area contributed by atoms with Gasteiger partial charge in [-0.2, -0.15) is 13.2 Å². The number of fused-ring (bicyclic) bond motifs is 1. The normalized spacial score (nSPS) is 25.8. The van der Waals surface area contributed by atoms with Gasteiger partial charge in [0.05, 0.1) is 17.7 Å². The number of ether oxygens (including phenoxy) is 2. The second-order valence-corrected chi connectivity index (χ2v) is 7.38. The number of aliphatic hydroxyl groups excluding tert-OH is 2. The Bertz CT molecular complexity index is 931. The van der Waals surface area contributed by atoms with E-state index < -0.39 is 41.8 Å². The number of hydrogen-bond acceptors (Lipinski definition) is 5. The lowest BCUT2D eigenvalue weighted by atomic mass is 9.92. The number of amides is 1. The largest absolute Gasteiger partial charge is 0.486 e. The SMILES string of the molecule is O=C(N[C@H]1[C@H](O)[C@H](O)C[C@@H]1c1ccc(C(F)(F)F)cc1)c1ccc2c(c1)OCCO2. The quantitative estimate of drug-likeness (QED) is 0.706. The van der Waals surface area contributed by atoms with Gasteiger partial charge in [-0.3, -0.25) is 4.79 Å². The Balaban J connectivity index is 1.54. The van der Waals surface area contributed by atoms with Crippen LogP contribution >= 0.6 is 0 Å². The van der Waals surface area contributed by atoms with Gasteiger partial charge in [0.15, 0.2) is 11.5 Å². The van der Waals surface area contributed by atoms with E-state index in [0.717, 1.165) is 12.1 Å². The second-order valence-electron chi connectivity index (χ2n) is 7.38. The van der Waals surface area contributed by atoms with Gasteiger partial charge in [0.2, 0.25) is 0 Å². The molecule has 0 radical (unpaired) electrons. The van der Waals surface area contributed by atoms with Crippen LogP contribution < -0.4 is 14.8 Å². The first-order valence-electron chi connectivity index (χ1n) is 9.48. The predicted molar refractivity (Wildman–Crippen MR) is 99.5 cm³/mol.